The van der Waals surface area contributed by atoms with E-state index in [4.69, 9.17) is 9.47 Å². The minimum atomic E-state index is -0.208. The molecular formula is C20H16N2O3S2. The fourth-order valence-electron chi connectivity index (χ4n) is 2.71. The second-order valence-electron chi connectivity index (χ2n) is 5.67. The number of ether oxygens (including phenoxy) is 2. The molecule has 5 nitrogen and oxygen atoms in total. The Morgan fingerprint density at radius 2 is 1.85 bits per heavy atom. The number of amides is 1. The van der Waals surface area contributed by atoms with E-state index in [1.54, 1.807) is 43.8 Å². The predicted octanol–water partition coefficient (Wildman–Crippen LogP) is 5.29. The van der Waals surface area contributed by atoms with Crippen molar-refractivity contribution in [2.24, 2.45) is 0 Å². The Labute approximate surface area is 164 Å². The highest BCUT2D eigenvalue weighted by molar-refractivity contribution is 7.22. The molecule has 2 heterocycles. The van der Waals surface area contributed by atoms with Gasteiger partial charge in [-0.15, -0.1) is 22.7 Å². The number of fused-ring (bicyclic) bond motifs is 1. The summed E-state index contributed by atoms with van der Waals surface area (Å²) in [5.74, 6) is 0.892. The number of hydrogen-bond acceptors (Lipinski definition) is 6. The van der Waals surface area contributed by atoms with Gasteiger partial charge in [0.15, 0.2) is 11.5 Å². The number of hydrogen-bond donors (Lipinski definition) is 1. The summed E-state index contributed by atoms with van der Waals surface area (Å²) in [6.45, 7) is 0. The zero-order valence-electron chi connectivity index (χ0n) is 14.7. The maximum Gasteiger partial charge on any atom is 0.256 e. The Morgan fingerprint density at radius 1 is 1.04 bits per heavy atom. The maximum absolute atomic E-state index is 12.7. The van der Waals surface area contributed by atoms with Crippen molar-refractivity contribution >= 4 is 43.8 Å². The largest absolute Gasteiger partial charge is 0.493 e. The van der Waals surface area contributed by atoms with Gasteiger partial charge in [0.25, 0.3) is 5.91 Å². The topological polar surface area (TPSA) is 60.5 Å². The molecule has 2 aromatic carbocycles. The van der Waals surface area contributed by atoms with Gasteiger partial charge < -0.3 is 14.8 Å². The van der Waals surface area contributed by atoms with Crippen LogP contribution in [0.5, 0.6) is 11.5 Å². The first-order valence-electron chi connectivity index (χ1n) is 8.16. The van der Waals surface area contributed by atoms with Crippen LogP contribution in [0.15, 0.2) is 53.9 Å². The standard InChI is InChI=1S/C20H16N2O3S2/c1-24-15-8-7-12(11-16(15)25-2)18(23)22-19-13(9-10-26-19)20-21-14-5-3-4-6-17(14)27-20/h3-11H,1-2H3,(H,22,23). The zero-order valence-corrected chi connectivity index (χ0v) is 16.3. The van der Waals surface area contributed by atoms with Gasteiger partial charge in [-0.2, -0.15) is 0 Å². The summed E-state index contributed by atoms with van der Waals surface area (Å²) in [4.78, 5) is 17.4. The third-order valence-corrected chi connectivity index (χ3v) is 5.96. The molecular weight excluding hydrogens is 380 g/mol. The van der Waals surface area contributed by atoms with Crippen molar-refractivity contribution in [3.63, 3.8) is 0 Å². The lowest BCUT2D eigenvalue weighted by atomic mass is 10.2. The third kappa shape index (κ3) is 3.39. The van der Waals surface area contributed by atoms with Crippen LogP contribution >= 0.6 is 22.7 Å². The first kappa shape index (κ1) is 17.5. The van der Waals surface area contributed by atoms with Crippen molar-refractivity contribution in [1.82, 2.24) is 4.98 Å². The molecule has 0 aliphatic carbocycles. The van der Waals surface area contributed by atoms with Crippen LogP contribution in [0.1, 0.15) is 10.4 Å². The van der Waals surface area contributed by atoms with E-state index in [0.717, 1.165) is 25.8 Å². The number of thiophene rings is 1. The number of carbonyl (C=O) groups excluding carboxylic acids is 1. The quantitative estimate of drug-likeness (QED) is 0.498. The molecule has 7 heteroatoms. The smallest absolute Gasteiger partial charge is 0.256 e. The van der Waals surface area contributed by atoms with Crippen LogP contribution in [-0.2, 0) is 0 Å². The summed E-state index contributed by atoms with van der Waals surface area (Å²) in [5.41, 5.74) is 2.38. The van der Waals surface area contributed by atoms with Gasteiger partial charge in [-0.1, -0.05) is 12.1 Å². The van der Waals surface area contributed by atoms with Gasteiger partial charge in [0.05, 0.1) is 24.4 Å². The number of nitrogens with one attached hydrogen (secondary N) is 1. The number of benzene rings is 2. The Balaban J connectivity index is 1.62. The van der Waals surface area contributed by atoms with Crippen molar-refractivity contribution in [3.8, 4) is 22.1 Å². The Kier molecular flexibility index (Phi) is 4.79. The molecule has 1 amide bonds. The summed E-state index contributed by atoms with van der Waals surface area (Å²) in [6.07, 6.45) is 0. The zero-order chi connectivity index (χ0) is 18.8. The summed E-state index contributed by atoms with van der Waals surface area (Å²) in [6, 6.07) is 15.1. The van der Waals surface area contributed by atoms with Crippen molar-refractivity contribution in [3.05, 3.63) is 59.5 Å². The highest BCUT2D eigenvalue weighted by Crippen LogP contribution is 2.38. The molecule has 2 aromatic heterocycles. The fraction of sp³-hybridized carbons (Fsp3) is 0.100. The lowest BCUT2D eigenvalue weighted by Crippen LogP contribution is -2.11. The van der Waals surface area contributed by atoms with Crippen LogP contribution in [0.25, 0.3) is 20.8 Å². The van der Waals surface area contributed by atoms with E-state index < -0.39 is 0 Å². The van der Waals surface area contributed by atoms with Crippen molar-refractivity contribution in [2.75, 3.05) is 19.5 Å². The monoisotopic (exact) mass is 396 g/mol. The average Bonchev–Trinajstić information content (AvgIpc) is 3.33. The average molecular weight is 396 g/mol. The second kappa shape index (κ2) is 7.38. The predicted molar refractivity (Wildman–Crippen MR) is 110 cm³/mol. The number of nitrogens with zero attached hydrogens (tertiary/aromatic N) is 1. The lowest BCUT2D eigenvalue weighted by Gasteiger charge is -2.10. The summed E-state index contributed by atoms with van der Waals surface area (Å²) in [7, 11) is 3.11. The van der Waals surface area contributed by atoms with Crippen molar-refractivity contribution in [1.29, 1.82) is 0 Å². The van der Waals surface area contributed by atoms with Gasteiger partial charge in [-0.3, -0.25) is 4.79 Å². The molecule has 0 aliphatic heterocycles. The van der Waals surface area contributed by atoms with Crippen molar-refractivity contribution < 1.29 is 14.3 Å². The van der Waals surface area contributed by atoms with E-state index in [2.05, 4.69) is 10.3 Å². The van der Waals surface area contributed by atoms with Crippen LogP contribution in [0.2, 0.25) is 0 Å². The first-order chi connectivity index (χ1) is 13.2. The molecule has 1 N–H and O–H groups in total. The fourth-order valence-corrected chi connectivity index (χ4v) is 4.56. The van der Waals surface area contributed by atoms with E-state index in [0.29, 0.717) is 17.1 Å². The Bertz CT molecular complexity index is 1080. The number of anilines is 1. The van der Waals surface area contributed by atoms with E-state index in [1.807, 2.05) is 35.7 Å². The molecule has 27 heavy (non-hydrogen) atoms. The van der Waals surface area contributed by atoms with Gasteiger partial charge >= 0.3 is 0 Å². The number of aromatic nitrogens is 1. The first-order valence-corrected chi connectivity index (χ1v) is 9.86. The molecule has 4 aromatic rings. The molecule has 0 saturated carbocycles. The minimum absolute atomic E-state index is 0.208. The number of carbonyl (C=O) groups is 1. The molecule has 0 unspecified atom stereocenters. The minimum Gasteiger partial charge on any atom is -0.493 e. The van der Waals surface area contributed by atoms with E-state index in [1.165, 1.54) is 11.3 Å². The second-order valence-corrected chi connectivity index (χ2v) is 7.62. The highest BCUT2D eigenvalue weighted by Gasteiger charge is 2.16. The third-order valence-electron chi connectivity index (χ3n) is 4.06. The van der Waals surface area contributed by atoms with Crippen LogP contribution in [0, 0.1) is 0 Å². The summed E-state index contributed by atoms with van der Waals surface area (Å²) in [5, 5.41) is 6.60. The lowest BCUT2D eigenvalue weighted by molar-refractivity contribution is 0.102. The van der Waals surface area contributed by atoms with E-state index >= 15 is 0 Å². The van der Waals surface area contributed by atoms with Gasteiger partial charge in [0.1, 0.15) is 10.0 Å². The van der Waals surface area contributed by atoms with Crippen LogP contribution < -0.4 is 14.8 Å². The molecule has 0 fully saturated rings. The van der Waals surface area contributed by atoms with Crippen LogP contribution in [0.4, 0.5) is 5.00 Å². The number of thiazole rings is 1. The molecule has 0 aliphatic rings. The molecule has 0 atom stereocenters. The van der Waals surface area contributed by atoms with Gasteiger partial charge in [-0.25, -0.2) is 4.98 Å². The van der Waals surface area contributed by atoms with Gasteiger partial charge in [0, 0.05) is 11.1 Å². The van der Waals surface area contributed by atoms with Gasteiger partial charge in [-0.05, 0) is 41.8 Å². The molecule has 0 saturated heterocycles. The molecule has 0 spiro atoms. The summed E-state index contributed by atoms with van der Waals surface area (Å²) < 4.78 is 11.6. The number of para-hydroxylation sites is 1. The summed E-state index contributed by atoms with van der Waals surface area (Å²) >= 11 is 3.08. The van der Waals surface area contributed by atoms with Gasteiger partial charge in [0.2, 0.25) is 0 Å². The molecule has 136 valence electrons. The molecule has 0 radical (unpaired) electrons. The normalized spacial score (nSPS) is 10.7. The van der Waals surface area contributed by atoms with Crippen LogP contribution in [-0.4, -0.2) is 25.1 Å². The van der Waals surface area contributed by atoms with E-state index in [-0.39, 0.29) is 5.91 Å². The molecule has 4 rings (SSSR count). The Morgan fingerprint density at radius 3 is 2.63 bits per heavy atom. The highest BCUT2D eigenvalue weighted by atomic mass is 32.1. The van der Waals surface area contributed by atoms with Crippen LogP contribution in [0.3, 0.4) is 0 Å². The van der Waals surface area contributed by atoms with E-state index in [9.17, 15) is 4.79 Å². The SMILES string of the molecule is COc1ccc(C(=O)Nc2sccc2-c2nc3ccccc3s2)cc1OC. The number of methoxy groups -OCH3 is 2. The van der Waals surface area contributed by atoms with Crippen molar-refractivity contribution in [2.45, 2.75) is 0 Å². The molecule has 0 bridgehead atoms. The number of rotatable bonds is 5. The maximum atomic E-state index is 12.7. The Hall–Kier alpha value is -2.90.